The van der Waals surface area contributed by atoms with Crippen molar-refractivity contribution in [3.05, 3.63) is 96.1 Å². The number of imidazole rings is 2. The minimum atomic E-state index is -1.15. The second-order valence-corrected chi connectivity index (χ2v) is 15.7. The van der Waals surface area contributed by atoms with Gasteiger partial charge >= 0.3 is 24.0 Å². The molecule has 1 aliphatic carbocycles. The Hall–Kier alpha value is -5.50. The molecule has 1 amide bonds. The zero-order valence-electron chi connectivity index (χ0n) is 32.5. The first-order valence-corrected chi connectivity index (χ1v) is 18.6. The lowest BCUT2D eigenvalue weighted by molar-refractivity contribution is -0.156. The van der Waals surface area contributed by atoms with Crippen LogP contribution in [0.4, 0.5) is 4.79 Å². The molecular formula is C41H52N6O8. The van der Waals surface area contributed by atoms with E-state index in [4.69, 9.17) is 14.2 Å². The Balaban J connectivity index is 1.20. The average Bonchev–Trinajstić information content (AvgIpc) is 3.80. The average molecular weight is 757 g/mol. The molecule has 14 heteroatoms. The van der Waals surface area contributed by atoms with Crippen molar-refractivity contribution in [3.8, 4) is 11.1 Å². The number of hydrogen-bond donors (Lipinski definition) is 2. The number of carboxylic acids is 1. The summed E-state index contributed by atoms with van der Waals surface area (Å²) in [6, 6.07) is 14.9. The number of nitrogens with one attached hydrogen (secondary N) is 1. The van der Waals surface area contributed by atoms with Crippen LogP contribution in [-0.2, 0) is 54.8 Å². The first kappa shape index (κ1) is 40.7. The molecule has 0 radical (unpaired) electrons. The maximum absolute atomic E-state index is 12.9. The largest absolute Gasteiger partial charge is 0.480 e. The fourth-order valence-corrected chi connectivity index (χ4v) is 6.63. The van der Waals surface area contributed by atoms with Gasteiger partial charge in [-0.05, 0) is 89.6 Å². The maximum Gasteiger partial charge on any atom is 0.407 e. The highest BCUT2D eigenvalue weighted by Gasteiger charge is 2.30. The first-order valence-electron chi connectivity index (χ1n) is 18.6. The van der Waals surface area contributed by atoms with Crippen LogP contribution in [-0.4, -0.2) is 83.5 Å². The van der Waals surface area contributed by atoms with E-state index in [1.165, 1.54) is 0 Å². The zero-order valence-corrected chi connectivity index (χ0v) is 32.5. The fourth-order valence-electron chi connectivity index (χ4n) is 6.63. The molecule has 1 atom stereocenters. The number of carboxylic acid groups (broad SMARTS) is 1. The normalized spacial score (nSPS) is 13.2. The van der Waals surface area contributed by atoms with Gasteiger partial charge in [-0.1, -0.05) is 48.5 Å². The van der Waals surface area contributed by atoms with Gasteiger partial charge in [0.1, 0.15) is 48.6 Å². The molecule has 2 aromatic heterocycles. The molecule has 0 fully saturated rings. The van der Waals surface area contributed by atoms with Crippen LogP contribution >= 0.6 is 0 Å². The lowest BCUT2D eigenvalue weighted by Gasteiger charge is -2.24. The van der Waals surface area contributed by atoms with Gasteiger partial charge in [-0.2, -0.15) is 0 Å². The molecule has 0 aliphatic heterocycles. The Kier molecular flexibility index (Phi) is 13.1. The Morgan fingerprint density at radius 2 is 1.27 bits per heavy atom. The molecule has 0 saturated heterocycles. The number of carbonyl (C=O) groups excluding carboxylic acids is 3. The van der Waals surface area contributed by atoms with Crippen LogP contribution in [0.1, 0.15) is 89.5 Å². The van der Waals surface area contributed by atoms with E-state index in [0.717, 1.165) is 22.3 Å². The van der Waals surface area contributed by atoms with Gasteiger partial charge < -0.3 is 33.8 Å². The molecule has 55 heavy (non-hydrogen) atoms. The lowest BCUT2D eigenvalue weighted by Crippen LogP contribution is -2.41. The van der Waals surface area contributed by atoms with Crippen LogP contribution in [0.2, 0.25) is 0 Å². The number of ether oxygens (including phenoxy) is 3. The number of aliphatic carboxylic acids is 1. The van der Waals surface area contributed by atoms with E-state index < -0.39 is 41.2 Å². The molecule has 0 bridgehead atoms. The second kappa shape index (κ2) is 17.8. The maximum atomic E-state index is 12.9. The molecule has 2 N–H and O–H groups in total. The van der Waals surface area contributed by atoms with Crippen LogP contribution in [0.3, 0.4) is 0 Å². The van der Waals surface area contributed by atoms with Crippen LogP contribution in [0.25, 0.3) is 11.1 Å². The molecule has 2 heterocycles. The van der Waals surface area contributed by atoms with Gasteiger partial charge in [0.15, 0.2) is 0 Å². The van der Waals surface area contributed by atoms with Gasteiger partial charge in [-0.15, -0.1) is 0 Å². The predicted octanol–water partition coefficient (Wildman–Crippen LogP) is 5.93. The Morgan fingerprint density at radius 1 is 0.782 bits per heavy atom. The zero-order chi connectivity index (χ0) is 39.8. The van der Waals surface area contributed by atoms with Gasteiger partial charge in [0.2, 0.25) is 0 Å². The third-order valence-electron chi connectivity index (χ3n) is 8.92. The molecule has 2 aromatic carbocycles. The lowest BCUT2D eigenvalue weighted by atomic mass is 9.98. The van der Waals surface area contributed by atoms with Crippen molar-refractivity contribution in [2.24, 2.45) is 0 Å². The van der Waals surface area contributed by atoms with Crippen LogP contribution in [0, 0.1) is 0 Å². The SMILES string of the molecule is CC(C)(C)OC(=O)Cn1ccnc1CN(CCCC[C@H](NC(=O)OCC1c2ccccc2-c2ccccc21)C(=O)O)Cc1nccn1CC(=O)OC(C)(C)C. The Labute approximate surface area is 321 Å². The molecule has 0 unspecified atom stereocenters. The van der Waals surface area contributed by atoms with Crippen molar-refractivity contribution in [1.82, 2.24) is 29.3 Å². The number of fused-ring (bicyclic) bond motifs is 3. The summed E-state index contributed by atoms with van der Waals surface area (Å²) in [6.07, 6.45) is 7.09. The van der Waals surface area contributed by atoms with Crippen molar-refractivity contribution in [2.45, 2.75) is 110 Å². The second-order valence-electron chi connectivity index (χ2n) is 15.7. The Bertz CT molecular complexity index is 1840. The number of rotatable bonds is 17. The number of nitrogens with zero attached hydrogens (tertiary/aromatic N) is 5. The summed E-state index contributed by atoms with van der Waals surface area (Å²) in [5.74, 6) is -0.844. The molecule has 4 aromatic rings. The molecule has 0 saturated carbocycles. The monoisotopic (exact) mass is 756 g/mol. The Morgan fingerprint density at radius 3 is 1.75 bits per heavy atom. The van der Waals surface area contributed by atoms with Gasteiger partial charge in [-0.25, -0.2) is 19.6 Å². The summed E-state index contributed by atoms with van der Waals surface area (Å²) >= 11 is 0. The summed E-state index contributed by atoms with van der Waals surface area (Å²) in [4.78, 5) is 61.5. The highest BCUT2D eigenvalue weighted by atomic mass is 16.6. The summed E-state index contributed by atoms with van der Waals surface area (Å²) in [5, 5.41) is 12.5. The van der Waals surface area contributed by atoms with Gasteiger partial charge in [-0.3, -0.25) is 14.5 Å². The van der Waals surface area contributed by atoms with Gasteiger partial charge in [0, 0.05) is 30.7 Å². The third kappa shape index (κ3) is 11.7. The quantitative estimate of drug-likeness (QED) is 0.0745. The van der Waals surface area contributed by atoms with E-state index in [0.29, 0.717) is 44.1 Å². The number of alkyl carbamates (subject to hydrolysis) is 1. The fraction of sp³-hybridized carbons (Fsp3) is 0.463. The van der Waals surface area contributed by atoms with Crippen molar-refractivity contribution >= 4 is 24.0 Å². The topological polar surface area (TPSA) is 167 Å². The first-order chi connectivity index (χ1) is 26.1. The standard InChI is InChI=1S/C41H52N6O8/c1-40(2,3)54-36(48)25-46-21-18-42-34(46)23-45(24-35-43-19-22-47(35)26-37(49)55-41(4,5)6)20-12-11-17-33(38(50)51)44-39(52)53-27-32-30-15-9-7-13-28(30)29-14-8-10-16-31(29)32/h7-10,13-16,18-19,21-22,32-33H,11-12,17,20,23-27H2,1-6H3,(H,44,52)(H,50,51)/t33-/m0/s1. The summed E-state index contributed by atoms with van der Waals surface area (Å²) < 4.78 is 20.1. The highest BCUT2D eigenvalue weighted by molar-refractivity contribution is 5.81. The van der Waals surface area contributed by atoms with Crippen molar-refractivity contribution in [1.29, 1.82) is 0 Å². The molecule has 294 valence electrons. The molecular weight excluding hydrogens is 704 g/mol. The number of benzene rings is 2. The number of aromatic nitrogens is 4. The van der Waals surface area contributed by atoms with E-state index >= 15 is 0 Å². The van der Waals surface area contributed by atoms with Crippen LogP contribution in [0.15, 0.2) is 73.3 Å². The summed E-state index contributed by atoms with van der Waals surface area (Å²) in [7, 11) is 0. The third-order valence-corrected chi connectivity index (χ3v) is 8.92. The highest BCUT2D eigenvalue weighted by Crippen LogP contribution is 2.44. The summed E-state index contributed by atoms with van der Waals surface area (Å²) in [5.41, 5.74) is 3.06. The van der Waals surface area contributed by atoms with Gasteiger partial charge in [0.25, 0.3) is 0 Å². The van der Waals surface area contributed by atoms with Crippen LogP contribution < -0.4 is 5.32 Å². The minimum Gasteiger partial charge on any atom is -0.480 e. The van der Waals surface area contributed by atoms with E-state index in [2.05, 4.69) is 20.2 Å². The van der Waals surface area contributed by atoms with Crippen molar-refractivity contribution < 1.29 is 38.5 Å². The number of amides is 1. The molecule has 14 nitrogen and oxygen atoms in total. The van der Waals surface area contributed by atoms with E-state index in [1.807, 2.05) is 90.1 Å². The van der Waals surface area contributed by atoms with Crippen molar-refractivity contribution in [3.63, 3.8) is 0 Å². The molecule has 0 spiro atoms. The van der Waals surface area contributed by atoms with E-state index in [-0.39, 0.29) is 32.0 Å². The number of esters is 2. The van der Waals surface area contributed by atoms with Crippen LogP contribution in [0.5, 0.6) is 0 Å². The predicted molar refractivity (Wildman–Crippen MR) is 204 cm³/mol. The number of hydrogen-bond acceptors (Lipinski definition) is 10. The number of carbonyl (C=O) groups is 4. The van der Waals surface area contributed by atoms with E-state index in [1.54, 1.807) is 33.9 Å². The minimum absolute atomic E-state index is 0.0183. The number of unbranched alkanes of at least 4 members (excludes halogenated alkanes) is 1. The van der Waals surface area contributed by atoms with E-state index in [9.17, 15) is 24.3 Å². The van der Waals surface area contributed by atoms with Gasteiger partial charge in [0.05, 0.1) is 13.1 Å². The van der Waals surface area contributed by atoms with Crippen molar-refractivity contribution in [2.75, 3.05) is 13.2 Å². The smallest absolute Gasteiger partial charge is 0.407 e. The molecule has 5 rings (SSSR count). The summed E-state index contributed by atoms with van der Waals surface area (Å²) in [6.45, 7) is 12.0. The molecule has 1 aliphatic rings.